The summed E-state index contributed by atoms with van der Waals surface area (Å²) >= 11 is 0. The molecule has 0 atom stereocenters. The van der Waals surface area contributed by atoms with E-state index in [0.717, 1.165) is 13.2 Å². The molecule has 1 aliphatic heterocycles. The molecule has 0 aliphatic carbocycles. The van der Waals surface area contributed by atoms with Gasteiger partial charge in [-0.1, -0.05) is 123 Å². The van der Waals surface area contributed by atoms with E-state index in [9.17, 15) is 0 Å². The summed E-state index contributed by atoms with van der Waals surface area (Å²) in [5, 5.41) is 5.64. The highest BCUT2D eigenvalue weighted by Gasteiger charge is 2.31. The van der Waals surface area contributed by atoms with Crippen LogP contribution in [-0.4, -0.2) is 26.4 Å². The Kier molecular flexibility index (Phi) is 6.51. The van der Waals surface area contributed by atoms with Crippen molar-refractivity contribution < 1.29 is 0 Å². The Hall–Kier alpha value is -4.28. The molecule has 0 bridgehead atoms. The smallest absolute Gasteiger partial charge is 0.112 e. The summed E-state index contributed by atoms with van der Waals surface area (Å²) in [7, 11) is 0.114. The highest BCUT2D eigenvalue weighted by Crippen LogP contribution is 2.40. The lowest BCUT2D eigenvalue weighted by molar-refractivity contribution is 0.590. The Morgan fingerprint density at radius 2 is 1.33 bits per heavy atom. The molecule has 1 aliphatic rings. The zero-order valence-electron chi connectivity index (χ0n) is 26.2. The van der Waals surface area contributed by atoms with E-state index in [1.165, 1.54) is 60.4 Å². The summed E-state index contributed by atoms with van der Waals surface area (Å²) in [5.74, 6) is 0. The summed E-state index contributed by atoms with van der Waals surface area (Å²) in [5.41, 5.74) is 9.24. The normalized spacial score (nSPS) is 13.7. The van der Waals surface area contributed by atoms with Gasteiger partial charge in [-0.15, -0.1) is 0 Å². The van der Waals surface area contributed by atoms with E-state index in [0.29, 0.717) is 0 Å². The second-order valence-electron chi connectivity index (χ2n) is 13.7. The molecule has 7 rings (SSSR count). The first kappa shape index (κ1) is 27.5. The third kappa shape index (κ3) is 4.74. The Labute approximate surface area is 257 Å². The van der Waals surface area contributed by atoms with Crippen LogP contribution in [0.15, 0.2) is 115 Å². The van der Waals surface area contributed by atoms with Crippen LogP contribution in [0.25, 0.3) is 21.8 Å². The number of fused-ring (bicyclic) bond motifs is 4. The van der Waals surface area contributed by atoms with Crippen LogP contribution in [-0.2, 0) is 12.0 Å². The van der Waals surface area contributed by atoms with Gasteiger partial charge in [-0.2, -0.15) is 0 Å². The van der Waals surface area contributed by atoms with Crippen molar-refractivity contribution in [2.45, 2.75) is 45.8 Å². The minimum absolute atomic E-state index is 0.0508. The molecule has 43 heavy (non-hydrogen) atoms. The minimum atomic E-state index is -2.08. The lowest BCUT2D eigenvalue weighted by Crippen LogP contribution is -2.53. The number of nitrogens with zero attached hydrogens (tertiary/aromatic N) is 3. The van der Waals surface area contributed by atoms with Crippen LogP contribution in [0.2, 0.25) is 13.1 Å². The minimum Gasteiger partial charge on any atom is -0.355 e. The highest BCUT2D eigenvalue weighted by atomic mass is 28.3. The molecule has 0 amide bonds. The van der Waals surface area contributed by atoms with Crippen LogP contribution in [0.4, 0.5) is 17.1 Å². The maximum atomic E-state index is 2.52. The first-order chi connectivity index (χ1) is 20.6. The fourth-order valence-electron chi connectivity index (χ4n) is 6.71. The summed E-state index contributed by atoms with van der Waals surface area (Å²) in [6, 6.07) is 43.2. The lowest BCUT2D eigenvalue weighted by Gasteiger charge is -2.30. The lowest BCUT2D eigenvalue weighted by atomic mass is 9.87. The molecule has 4 heteroatoms. The van der Waals surface area contributed by atoms with Crippen molar-refractivity contribution in [2.24, 2.45) is 0 Å². The maximum Gasteiger partial charge on any atom is 0.112 e. The van der Waals surface area contributed by atoms with Gasteiger partial charge in [0.05, 0.1) is 18.0 Å². The topological polar surface area (TPSA) is 11.4 Å². The third-order valence-corrected chi connectivity index (χ3v) is 12.9. The molecular formula is C39H41N3Si. The van der Waals surface area contributed by atoms with Gasteiger partial charge >= 0.3 is 0 Å². The molecule has 216 valence electrons. The monoisotopic (exact) mass is 579 g/mol. The molecule has 3 nitrogen and oxygen atoms in total. The van der Waals surface area contributed by atoms with Gasteiger partial charge in [0.15, 0.2) is 0 Å². The average Bonchev–Trinajstić information content (AvgIpc) is 3.51. The number of benzene rings is 5. The van der Waals surface area contributed by atoms with E-state index in [1.807, 2.05) is 0 Å². The first-order valence-electron chi connectivity index (χ1n) is 15.4. The molecule has 0 fully saturated rings. The Morgan fingerprint density at radius 3 is 2.09 bits per heavy atom. The van der Waals surface area contributed by atoms with E-state index < -0.39 is 8.07 Å². The SMILES string of the molecule is CN1CN(c2cc(C(C)(C)C)cc([Si](C)(C)c3ccc4c(c3)c3ccccc3n4Cc3ccccc3)c2)c2ccccc21. The summed E-state index contributed by atoms with van der Waals surface area (Å²) in [6.07, 6.45) is 0. The van der Waals surface area contributed by atoms with Crippen molar-refractivity contribution in [3.8, 4) is 0 Å². The first-order valence-corrected chi connectivity index (χ1v) is 18.4. The van der Waals surface area contributed by atoms with E-state index in [-0.39, 0.29) is 5.41 Å². The Morgan fingerprint density at radius 1 is 0.651 bits per heavy atom. The van der Waals surface area contributed by atoms with Gasteiger partial charge in [0.25, 0.3) is 0 Å². The second-order valence-corrected chi connectivity index (χ2v) is 18.1. The van der Waals surface area contributed by atoms with Crippen molar-refractivity contribution in [1.29, 1.82) is 0 Å². The Balaban J connectivity index is 1.36. The number of hydrogen-bond acceptors (Lipinski definition) is 2. The van der Waals surface area contributed by atoms with Gasteiger partial charge < -0.3 is 14.4 Å². The average molecular weight is 580 g/mol. The largest absolute Gasteiger partial charge is 0.355 e. The molecule has 2 heterocycles. The van der Waals surface area contributed by atoms with E-state index in [4.69, 9.17) is 0 Å². The number of aromatic nitrogens is 1. The summed E-state index contributed by atoms with van der Waals surface area (Å²) in [4.78, 5) is 4.83. The fourth-order valence-corrected chi connectivity index (χ4v) is 9.07. The third-order valence-electron chi connectivity index (χ3n) is 9.43. The number of hydrogen-bond donors (Lipinski definition) is 0. The van der Waals surface area contributed by atoms with Gasteiger partial charge in [-0.25, -0.2) is 0 Å². The maximum absolute atomic E-state index is 2.52. The predicted octanol–water partition coefficient (Wildman–Crippen LogP) is 8.51. The van der Waals surface area contributed by atoms with Crippen LogP contribution in [0, 0.1) is 0 Å². The Bertz CT molecular complexity index is 1960. The zero-order valence-corrected chi connectivity index (χ0v) is 27.2. The van der Waals surface area contributed by atoms with Crippen LogP contribution >= 0.6 is 0 Å². The van der Waals surface area contributed by atoms with Crippen molar-refractivity contribution in [1.82, 2.24) is 4.57 Å². The molecule has 0 saturated heterocycles. The second kappa shape index (κ2) is 10.2. The molecule has 0 N–H and O–H groups in total. The van der Waals surface area contributed by atoms with Gasteiger partial charge in [0.1, 0.15) is 8.07 Å². The van der Waals surface area contributed by atoms with Crippen molar-refractivity contribution in [3.63, 3.8) is 0 Å². The van der Waals surface area contributed by atoms with Crippen LogP contribution in [0.1, 0.15) is 31.9 Å². The van der Waals surface area contributed by atoms with Gasteiger partial charge in [0, 0.05) is 41.1 Å². The molecule has 0 saturated carbocycles. The molecule has 0 unspecified atom stereocenters. The van der Waals surface area contributed by atoms with Gasteiger partial charge in [-0.3, -0.25) is 0 Å². The quantitative estimate of drug-likeness (QED) is 0.190. The predicted molar refractivity (Wildman–Crippen MR) is 189 cm³/mol. The molecule has 6 aromatic rings. The molecular weight excluding hydrogens is 539 g/mol. The van der Waals surface area contributed by atoms with Gasteiger partial charge in [0.2, 0.25) is 0 Å². The number of para-hydroxylation sites is 3. The molecule has 0 radical (unpaired) electrons. The van der Waals surface area contributed by atoms with E-state index in [2.05, 4.69) is 171 Å². The highest BCUT2D eigenvalue weighted by molar-refractivity contribution is 7.00. The zero-order chi connectivity index (χ0) is 29.9. The van der Waals surface area contributed by atoms with Crippen molar-refractivity contribution >= 4 is 57.3 Å². The number of anilines is 3. The standard InChI is InChI=1S/C39H41N3Si/c1-39(2,3)29-22-30(42-27-40(4)37-18-12-13-19-38(37)42)24-32(23-29)43(5,6)31-20-21-36-34(25-31)33-16-10-11-17-35(33)41(36)26-28-14-8-7-9-15-28/h7-25H,26-27H2,1-6H3. The van der Waals surface area contributed by atoms with E-state index in [1.54, 1.807) is 0 Å². The summed E-state index contributed by atoms with van der Waals surface area (Å²) in [6.45, 7) is 13.8. The van der Waals surface area contributed by atoms with Crippen LogP contribution in [0.5, 0.6) is 0 Å². The number of rotatable bonds is 5. The van der Waals surface area contributed by atoms with Crippen LogP contribution < -0.4 is 20.2 Å². The van der Waals surface area contributed by atoms with Crippen molar-refractivity contribution in [2.75, 3.05) is 23.5 Å². The molecule has 1 aromatic heterocycles. The fraction of sp³-hybridized carbons (Fsp3) is 0.231. The van der Waals surface area contributed by atoms with Crippen LogP contribution in [0.3, 0.4) is 0 Å². The van der Waals surface area contributed by atoms with Gasteiger partial charge in [-0.05, 0) is 52.9 Å². The summed E-state index contributed by atoms with van der Waals surface area (Å²) < 4.78 is 2.48. The van der Waals surface area contributed by atoms with Crippen molar-refractivity contribution in [3.05, 3.63) is 126 Å². The van der Waals surface area contributed by atoms with E-state index >= 15 is 0 Å². The molecule has 5 aromatic carbocycles. The molecule has 0 spiro atoms.